The molecular formula is C15H19ClN2O2. The first-order valence-electron chi connectivity index (χ1n) is 6.94. The molecule has 1 heterocycles. The van der Waals surface area contributed by atoms with Crippen molar-refractivity contribution in [3.05, 3.63) is 29.3 Å². The van der Waals surface area contributed by atoms with Crippen LogP contribution in [0.3, 0.4) is 0 Å². The molecule has 1 aliphatic rings. The maximum Gasteiger partial charge on any atom is 0.239 e. The molecule has 1 aliphatic heterocycles. The van der Waals surface area contributed by atoms with Crippen LogP contribution < -0.4 is 4.90 Å². The van der Waals surface area contributed by atoms with E-state index >= 15 is 0 Å². The monoisotopic (exact) mass is 294 g/mol. The third-order valence-electron chi connectivity index (χ3n) is 3.72. The lowest BCUT2D eigenvalue weighted by molar-refractivity contribution is -0.139. The smallest absolute Gasteiger partial charge is 0.239 e. The second kappa shape index (κ2) is 6.27. The quantitative estimate of drug-likeness (QED) is 0.801. The van der Waals surface area contributed by atoms with Gasteiger partial charge in [-0.05, 0) is 44.5 Å². The number of carbonyl (C=O) groups excluding carboxylic acids is 2. The summed E-state index contributed by atoms with van der Waals surface area (Å²) in [6, 6.07) is 7.13. The van der Waals surface area contributed by atoms with Crippen LogP contribution in [0.1, 0.15) is 20.3 Å². The molecule has 1 saturated heterocycles. The van der Waals surface area contributed by atoms with Gasteiger partial charge in [0.2, 0.25) is 11.8 Å². The normalized spacial score (nSPS) is 18.4. The Morgan fingerprint density at radius 2 is 1.90 bits per heavy atom. The van der Waals surface area contributed by atoms with E-state index in [1.54, 1.807) is 21.9 Å². The van der Waals surface area contributed by atoms with Gasteiger partial charge in [-0.15, -0.1) is 0 Å². The van der Waals surface area contributed by atoms with Gasteiger partial charge < -0.3 is 9.80 Å². The molecule has 108 valence electrons. The standard InChI is InChI=1S/C15H19ClN2O2/c1-3-17(4-2)14(19)13-9-10-18(15(13)20)12-7-5-11(16)6-8-12/h5-8,13H,3-4,9-10H2,1-2H3. The fraction of sp³-hybridized carbons (Fsp3) is 0.467. The predicted octanol–water partition coefficient (Wildman–Crippen LogP) is 2.56. The summed E-state index contributed by atoms with van der Waals surface area (Å²) in [7, 11) is 0. The van der Waals surface area contributed by atoms with E-state index < -0.39 is 5.92 Å². The number of hydrogen-bond donors (Lipinski definition) is 0. The Kier molecular flexibility index (Phi) is 4.65. The molecule has 1 fully saturated rings. The molecule has 0 aliphatic carbocycles. The Labute approximate surface area is 124 Å². The summed E-state index contributed by atoms with van der Waals surface area (Å²) in [6.45, 7) is 5.72. The van der Waals surface area contributed by atoms with Gasteiger partial charge in [-0.25, -0.2) is 0 Å². The summed E-state index contributed by atoms with van der Waals surface area (Å²) in [4.78, 5) is 28.1. The van der Waals surface area contributed by atoms with E-state index in [-0.39, 0.29) is 11.8 Å². The van der Waals surface area contributed by atoms with Crippen LogP contribution in [0.25, 0.3) is 0 Å². The highest BCUT2D eigenvalue weighted by Crippen LogP contribution is 2.27. The summed E-state index contributed by atoms with van der Waals surface area (Å²) in [6.07, 6.45) is 0.580. The number of anilines is 1. The van der Waals surface area contributed by atoms with Crippen molar-refractivity contribution in [2.45, 2.75) is 20.3 Å². The lowest BCUT2D eigenvalue weighted by Crippen LogP contribution is -2.39. The molecule has 2 amide bonds. The van der Waals surface area contributed by atoms with Gasteiger partial charge in [0.05, 0.1) is 0 Å². The molecule has 20 heavy (non-hydrogen) atoms. The van der Waals surface area contributed by atoms with Gasteiger partial charge in [-0.1, -0.05) is 11.6 Å². The van der Waals surface area contributed by atoms with Crippen LogP contribution in [0.5, 0.6) is 0 Å². The number of amides is 2. The Balaban J connectivity index is 2.13. The van der Waals surface area contributed by atoms with E-state index in [1.807, 2.05) is 26.0 Å². The number of hydrogen-bond acceptors (Lipinski definition) is 2. The minimum atomic E-state index is -0.537. The van der Waals surface area contributed by atoms with Gasteiger partial charge in [0.15, 0.2) is 0 Å². The van der Waals surface area contributed by atoms with E-state index in [0.29, 0.717) is 31.1 Å². The highest BCUT2D eigenvalue weighted by atomic mass is 35.5. The SMILES string of the molecule is CCN(CC)C(=O)C1CCN(c2ccc(Cl)cc2)C1=O. The van der Waals surface area contributed by atoms with Crippen molar-refractivity contribution in [1.82, 2.24) is 4.90 Å². The molecule has 0 aromatic heterocycles. The van der Waals surface area contributed by atoms with E-state index in [4.69, 9.17) is 11.6 Å². The largest absolute Gasteiger partial charge is 0.343 e. The molecule has 1 aromatic rings. The zero-order valence-electron chi connectivity index (χ0n) is 11.8. The van der Waals surface area contributed by atoms with Crippen LogP contribution in [0.4, 0.5) is 5.69 Å². The predicted molar refractivity (Wildman–Crippen MR) is 79.8 cm³/mol. The van der Waals surface area contributed by atoms with Crippen LogP contribution in [0, 0.1) is 5.92 Å². The molecule has 0 spiro atoms. The molecule has 5 heteroatoms. The van der Waals surface area contributed by atoms with Gasteiger partial charge in [-0.3, -0.25) is 9.59 Å². The first kappa shape index (κ1) is 14.9. The average Bonchev–Trinajstić information content (AvgIpc) is 2.83. The molecule has 1 aromatic carbocycles. The zero-order chi connectivity index (χ0) is 14.7. The van der Waals surface area contributed by atoms with Crippen molar-refractivity contribution < 1.29 is 9.59 Å². The molecule has 0 saturated carbocycles. The topological polar surface area (TPSA) is 40.6 Å². The van der Waals surface area contributed by atoms with Gasteiger partial charge in [-0.2, -0.15) is 0 Å². The molecule has 4 nitrogen and oxygen atoms in total. The van der Waals surface area contributed by atoms with Crippen molar-refractivity contribution in [3.8, 4) is 0 Å². The molecule has 0 radical (unpaired) electrons. The van der Waals surface area contributed by atoms with E-state index in [0.717, 1.165) is 5.69 Å². The summed E-state index contributed by atoms with van der Waals surface area (Å²) in [5.41, 5.74) is 0.800. The number of nitrogens with zero attached hydrogens (tertiary/aromatic N) is 2. The number of halogens is 1. The summed E-state index contributed by atoms with van der Waals surface area (Å²) in [5, 5.41) is 0.635. The molecule has 0 N–H and O–H groups in total. The Morgan fingerprint density at radius 1 is 1.30 bits per heavy atom. The van der Waals surface area contributed by atoms with Crippen molar-refractivity contribution >= 4 is 29.1 Å². The minimum absolute atomic E-state index is 0.0588. The fourth-order valence-corrected chi connectivity index (χ4v) is 2.67. The zero-order valence-corrected chi connectivity index (χ0v) is 12.6. The van der Waals surface area contributed by atoms with E-state index in [2.05, 4.69) is 0 Å². The maximum atomic E-state index is 12.4. The Morgan fingerprint density at radius 3 is 2.45 bits per heavy atom. The minimum Gasteiger partial charge on any atom is -0.343 e. The Hall–Kier alpha value is -1.55. The van der Waals surface area contributed by atoms with Crippen molar-refractivity contribution in [3.63, 3.8) is 0 Å². The lowest BCUT2D eigenvalue weighted by Gasteiger charge is -2.22. The van der Waals surface area contributed by atoms with Gasteiger partial charge >= 0.3 is 0 Å². The molecule has 2 rings (SSSR count). The van der Waals surface area contributed by atoms with Gasteiger partial charge in [0.25, 0.3) is 0 Å². The number of benzene rings is 1. The first-order valence-corrected chi connectivity index (χ1v) is 7.32. The third kappa shape index (κ3) is 2.80. The van der Waals surface area contributed by atoms with Gasteiger partial charge in [0.1, 0.15) is 5.92 Å². The highest BCUT2D eigenvalue weighted by Gasteiger charge is 2.39. The second-order valence-electron chi connectivity index (χ2n) is 4.82. The molecule has 0 bridgehead atoms. The van der Waals surface area contributed by atoms with Crippen LogP contribution in [-0.2, 0) is 9.59 Å². The van der Waals surface area contributed by atoms with Crippen LogP contribution in [0.15, 0.2) is 24.3 Å². The Bertz CT molecular complexity index is 497. The third-order valence-corrected chi connectivity index (χ3v) is 3.97. The molecular weight excluding hydrogens is 276 g/mol. The highest BCUT2D eigenvalue weighted by molar-refractivity contribution is 6.30. The maximum absolute atomic E-state index is 12.4. The van der Waals surface area contributed by atoms with Crippen LogP contribution in [0.2, 0.25) is 5.02 Å². The van der Waals surface area contributed by atoms with Crippen LogP contribution >= 0.6 is 11.6 Å². The molecule has 1 atom stereocenters. The number of rotatable bonds is 4. The number of carbonyl (C=O) groups is 2. The van der Waals surface area contributed by atoms with Crippen molar-refractivity contribution in [2.75, 3.05) is 24.5 Å². The van der Waals surface area contributed by atoms with E-state index in [1.165, 1.54) is 0 Å². The molecule has 1 unspecified atom stereocenters. The summed E-state index contributed by atoms with van der Waals surface area (Å²) >= 11 is 5.85. The average molecular weight is 295 g/mol. The van der Waals surface area contributed by atoms with Crippen molar-refractivity contribution in [1.29, 1.82) is 0 Å². The lowest BCUT2D eigenvalue weighted by atomic mass is 10.1. The van der Waals surface area contributed by atoms with Gasteiger partial charge in [0, 0.05) is 30.3 Å². The van der Waals surface area contributed by atoms with Crippen LogP contribution in [-0.4, -0.2) is 36.3 Å². The fourth-order valence-electron chi connectivity index (χ4n) is 2.54. The summed E-state index contributed by atoms with van der Waals surface area (Å²) in [5.74, 6) is -0.703. The van der Waals surface area contributed by atoms with E-state index in [9.17, 15) is 9.59 Å². The second-order valence-corrected chi connectivity index (χ2v) is 5.25. The van der Waals surface area contributed by atoms with Crippen molar-refractivity contribution in [2.24, 2.45) is 5.92 Å². The summed E-state index contributed by atoms with van der Waals surface area (Å²) < 4.78 is 0. The first-order chi connectivity index (χ1) is 9.58.